The van der Waals surface area contributed by atoms with E-state index in [2.05, 4.69) is 28.3 Å². The molecule has 0 fully saturated rings. The first-order valence-corrected chi connectivity index (χ1v) is 7.05. The van der Waals surface area contributed by atoms with E-state index in [9.17, 15) is 0 Å². The van der Waals surface area contributed by atoms with E-state index in [-0.39, 0.29) is 32.1 Å². The summed E-state index contributed by atoms with van der Waals surface area (Å²) in [5.74, 6) is 1.02. The summed E-state index contributed by atoms with van der Waals surface area (Å²) in [6, 6.07) is 6.21. The molecule has 0 aliphatic heterocycles. The van der Waals surface area contributed by atoms with Gasteiger partial charge in [0, 0.05) is 18.0 Å². The predicted octanol–water partition coefficient (Wildman–Crippen LogP) is 2.60. The summed E-state index contributed by atoms with van der Waals surface area (Å²) in [4.78, 5) is 8.57. The molecule has 4 N–H and O–H groups in total. The number of aliphatic hydroxyl groups is 1. The maximum atomic E-state index is 9.16. The number of nitrogens with zero attached hydrogens (tertiary/aromatic N) is 2. The summed E-state index contributed by atoms with van der Waals surface area (Å²) in [5.41, 5.74) is 7.77. The van der Waals surface area contributed by atoms with Gasteiger partial charge in [0.05, 0.1) is 5.52 Å². The van der Waals surface area contributed by atoms with Crippen LogP contribution in [0.4, 0.5) is 11.8 Å². The van der Waals surface area contributed by atoms with Gasteiger partial charge < -0.3 is 16.2 Å². The van der Waals surface area contributed by atoms with Crippen molar-refractivity contribution >= 4 is 36.2 Å². The highest BCUT2D eigenvalue weighted by Gasteiger charge is 2.12. The van der Waals surface area contributed by atoms with Gasteiger partial charge in [0.15, 0.2) is 0 Å². The van der Waals surface area contributed by atoms with Crippen molar-refractivity contribution in [1.82, 2.24) is 9.97 Å². The average Bonchev–Trinajstić information content (AvgIpc) is 2.40. The Hall–Kier alpha value is -1.53. The van der Waals surface area contributed by atoms with Crippen molar-refractivity contribution in [2.75, 3.05) is 17.7 Å². The maximum absolute atomic E-state index is 9.16. The first-order chi connectivity index (χ1) is 9.63. The highest BCUT2D eigenvalue weighted by atomic mass is 32.1. The van der Waals surface area contributed by atoms with Gasteiger partial charge in [-0.15, -0.1) is 0 Å². The Morgan fingerprint density at radius 2 is 2.05 bits per heavy atom. The fraction of sp³-hybridized carbons (Fsp3) is 0.467. The zero-order chi connectivity index (χ0) is 14.5. The third kappa shape index (κ3) is 4.47. The SMILES string of the molecule is CCC[C@@H](CCO)Nc1nc(N)nc2ccc(C)cc12.S. The second-order valence-electron chi connectivity index (χ2n) is 5.09. The number of aliphatic hydroxyl groups excluding tert-OH is 1. The van der Waals surface area contributed by atoms with Crippen LogP contribution >= 0.6 is 13.5 Å². The number of hydrogen-bond acceptors (Lipinski definition) is 5. The predicted molar refractivity (Wildman–Crippen MR) is 93.1 cm³/mol. The summed E-state index contributed by atoms with van der Waals surface area (Å²) in [6.45, 7) is 4.33. The molecule has 0 bridgehead atoms. The smallest absolute Gasteiger partial charge is 0.222 e. The number of anilines is 2. The molecular formula is C15H24N4OS. The highest BCUT2D eigenvalue weighted by molar-refractivity contribution is 7.59. The Balaban J connectivity index is 0.00000220. The van der Waals surface area contributed by atoms with E-state index in [1.807, 2.05) is 19.1 Å². The molecule has 6 heteroatoms. The van der Waals surface area contributed by atoms with E-state index in [0.717, 1.165) is 35.1 Å². The quantitative estimate of drug-likeness (QED) is 0.764. The molecule has 116 valence electrons. The zero-order valence-corrected chi connectivity index (χ0v) is 13.6. The summed E-state index contributed by atoms with van der Waals surface area (Å²) in [7, 11) is 0. The van der Waals surface area contributed by atoms with Crippen LogP contribution in [0.3, 0.4) is 0 Å². The molecule has 0 unspecified atom stereocenters. The molecule has 0 radical (unpaired) electrons. The highest BCUT2D eigenvalue weighted by Crippen LogP contribution is 2.24. The monoisotopic (exact) mass is 308 g/mol. The number of aryl methyl sites for hydroxylation is 1. The standard InChI is InChI=1S/C15H22N4O.H2S/c1-3-4-11(7-8-20)17-14-12-9-10(2)5-6-13(12)18-15(16)19-14;/h5-6,9,11,20H,3-4,7-8H2,1-2H3,(H3,16,17,18,19);1H2/t11-;/m0./s1. The lowest BCUT2D eigenvalue weighted by molar-refractivity contribution is 0.276. The molecule has 0 aliphatic rings. The average molecular weight is 308 g/mol. The van der Waals surface area contributed by atoms with Crippen LogP contribution in [-0.2, 0) is 0 Å². The zero-order valence-electron chi connectivity index (χ0n) is 12.6. The van der Waals surface area contributed by atoms with Gasteiger partial charge in [-0.2, -0.15) is 18.5 Å². The Labute approximate surface area is 132 Å². The summed E-state index contributed by atoms with van der Waals surface area (Å²) in [5, 5.41) is 13.5. The van der Waals surface area contributed by atoms with E-state index in [1.165, 1.54) is 0 Å². The summed E-state index contributed by atoms with van der Waals surface area (Å²) in [6.07, 6.45) is 2.73. The first kappa shape index (κ1) is 17.5. The van der Waals surface area contributed by atoms with Crippen LogP contribution in [0.25, 0.3) is 10.9 Å². The van der Waals surface area contributed by atoms with Crippen LogP contribution in [0, 0.1) is 6.92 Å². The lowest BCUT2D eigenvalue weighted by atomic mass is 10.1. The summed E-state index contributed by atoms with van der Waals surface area (Å²) >= 11 is 0. The second-order valence-corrected chi connectivity index (χ2v) is 5.09. The molecule has 1 aromatic carbocycles. The van der Waals surface area contributed by atoms with E-state index in [0.29, 0.717) is 6.42 Å². The van der Waals surface area contributed by atoms with Crippen molar-refractivity contribution < 1.29 is 5.11 Å². The molecule has 1 heterocycles. The van der Waals surface area contributed by atoms with Crippen LogP contribution in [0.5, 0.6) is 0 Å². The molecule has 21 heavy (non-hydrogen) atoms. The molecule has 0 saturated carbocycles. The van der Waals surface area contributed by atoms with Crippen LogP contribution in [0.15, 0.2) is 18.2 Å². The van der Waals surface area contributed by atoms with E-state index >= 15 is 0 Å². The van der Waals surface area contributed by atoms with Crippen LogP contribution in [-0.4, -0.2) is 27.7 Å². The van der Waals surface area contributed by atoms with Crippen molar-refractivity contribution in [3.63, 3.8) is 0 Å². The van der Waals surface area contributed by atoms with E-state index in [1.54, 1.807) is 0 Å². The Bertz CT molecular complexity index is 585. The lowest BCUT2D eigenvalue weighted by Gasteiger charge is -2.19. The fourth-order valence-electron chi connectivity index (χ4n) is 2.36. The molecule has 1 aromatic heterocycles. The van der Waals surface area contributed by atoms with Crippen LogP contribution in [0.1, 0.15) is 31.7 Å². The molecule has 5 nitrogen and oxygen atoms in total. The second kappa shape index (κ2) is 8.05. The normalized spacial score (nSPS) is 12.0. The Kier molecular flexibility index (Phi) is 6.71. The largest absolute Gasteiger partial charge is 0.396 e. The van der Waals surface area contributed by atoms with Crippen molar-refractivity contribution in [1.29, 1.82) is 0 Å². The third-order valence-corrected chi connectivity index (χ3v) is 3.32. The molecule has 0 spiro atoms. The van der Waals surface area contributed by atoms with Gasteiger partial charge in [-0.1, -0.05) is 25.0 Å². The number of nitrogen functional groups attached to an aromatic ring is 1. The minimum Gasteiger partial charge on any atom is -0.396 e. The van der Waals surface area contributed by atoms with Crippen molar-refractivity contribution in [3.05, 3.63) is 23.8 Å². The first-order valence-electron chi connectivity index (χ1n) is 7.05. The van der Waals surface area contributed by atoms with E-state index in [4.69, 9.17) is 10.8 Å². The van der Waals surface area contributed by atoms with Crippen molar-refractivity contribution in [2.45, 2.75) is 39.2 Å². The van der Waals surface area contributed by atoms with Gasteiger partial charge in [0.1, 0.15) is 5.82 Å². The number of benzene rings is 1. The van der Waals surface area contributed by atoms with Crippen molar-refractivity contribution in [3.8, 4) is 0 Å². The van der Waals surface area contributed by atoms with Gasteiger partial charge >= 0.3 is 0 Å². The number of hydrogen-bond donors (Lipinski definition) is 3. The number of aromatic nitrogens is 2. The Morgan fingerprint density at radius 1 is 1.29 bits per heavy atom. The van der Waals surface area contributed by atoms with Gasteiger partial charge in [-0.05, 0) is 31.9 Å². The van der Waals surface area contributed by atoms with Crippen LogP contribution < -0.4 is 11.1 Å². The lowest BCUT2D eigenvalue weighted by Crippen LogP contribution is -2.22. The van der Waals surface area contributed by atoms with E-state index < -0.39 is 0 Å². The Morgan fingerprint density at radius 3 is 2.71 bits per heavy atom. The number of nitrogens with two attached hydrogens (primary N) is 1. The molecule has 0 aliphatic carbocycles. The number of nitrogens with one attached hydrogen (secondary N) is 1. The molecular weight excluding hydrogens is 284 g/mol. The van der Waals surface area contributed by atoms with Gasteiger partial charge in [-0.25, -0.2) is 4.98 Å². The minimum absolute atomic E-state index is 0. The fourth-order valence-corrected chi connectivity index (χ4v) is 2.36. The number of rotatable bonds is 6. The number of fused-ring (bicyclic) bond motifs is 1. The molecule has 1 atom stereocenters. The minimum atomic E-state index is 0. The van der Waals surface area contributed by atoms with Gasteiger partial charge in [0.2, 0.25) is 5.95 Å². The molecule has 0 amide bonds. The van der Waals surface area contributed by atoms with Crippen molar-refractivity contribution in [2.24, 2.45) is 0 Å². The molecule has 0 saturated heterocycles. The van der Waals surface area contributed by atoms with Crippen LogP contribution in [0.2, 0.25) is 0 Å². The molecule has 2 rings (SSSR count). The third-order valence-electron chi connectivity index (χ3n) is 3.32. The topological polar surface area (TPSA) is 84.1 Å². The maximum Gasteiger partial charge on any atom is 0.222 e. The van der Waals surface area contributed by atoms with Gasteiger partial charge in [-0.3, -0.25) is 0 Å². The summed E-state index contributed by atoms with van der Waals surface area (Å²) < 4.78 is 0. The van der Waals surface area contributed by atoms with Gasteiger partial charge in [0.25, 0.3) is 0 Å². The molecule has 2 aromatic rings.